The van der Waals surface area contributed by atoms with Gasteiger partial charge in [-0.3, -0.25) is 4.79 Å². The normalized spacial score (nSPS) is 12.6. The van der Waals surface area contributed by atoms with Crippen LogP contribution >= 0.6 is 0 Å². The molecule has 3 nitrogen and oxygen atoms in total. The minimum atomic E-state index is -0.506. The molecule has 1 aromatic carbocycles. The lowest BCUT2D eigenvalue weighted by Gasteiger charge is -2.23. The molecule has 1 aromatic rings. The van der Waals surface area contributed by atoms with Crippen LogP contribution in [0.2, 0.25) is 0 Å². The van der Waals surface area contributed by atoms with Crippen LogP contribution in [0.15, 0.2) is 24.3 Å². The number of carbonyl (C=O) groups excluding carboxylic acids is 1. The van der Waals surface area contributed by atoms with Crippen LogP contribution in [0.3, 0.4) is 0 Å². The number of nitrogens with zero attached hydrogens (tertiary/aromatic N) is 1. The van der Waals surface area contributed by atoms with Crippen molar-refractivity contribution in [3.8, 4) is 0 Å². The van der Waals surface area contributed by atoms with Crippen LogP contribution in [0.25, 0.3) is 0 Å². The Labute approximate surface area is 101 Å². The number of benzene rings is 1. The zero-order chi connectivity index (χ0) is 13.0. The number of carbonyl (C=O) groups is 1. The number of hydrogen-bond donors (Lipinski definition) is 1. The first-order valence-corrected chi connectivity index (χ1v) is 5.67. The molecule has 0 aliphatic rings. The molecule has 0 aliphatic carbocycles. The van der Waals surface area contributed by atoms with Crippen LogP contribution < -0.4 is 5.73 Å². The molecule has 1 amide bonds. The summed E-state index contributed by atoms with van der Waals surface area (Å²) in [5, 5.41) is 0. The maximum Gasteiger partial charge on any atom is 0.239 e. The van der Waals surface area contributed by atoms with E-state index < -0.39 is 6.04 Å². The van der Waals surface area contributed by atoms with Crippen molar-refractivity contribution in [2.75, 3.05) is 7.05 Å². The number of halogens is 1. The maximum atomic E-state index is 13.0. The number of nitrogens with two attached hydrogens (primary N) is 1. The first kappa shape index (κ1) is 13.6. The van der Waals surface area contributed by atoms with Crippen LogP contribution in [0, 0.1) is 11.7 Å². The first-order chi connectivity index (χ1) is 7.91. The van der Waals surface area contributed by atoms with Gasteiger partial charge < -0.3 is 10.6 Å². The van der Waals surface area contributed by atoms with Gasteiger partial charge in [-0.2, -0.15) is 0 Å². The van der Waals surface area contributed by atoms with Gasteiger partial charge in [0.25, 0.3) is 0 Å². The fourth-order valence-corrected chi connectivity index (χ4v) is 1.53. The summed E-state index contributed by atoms with van der Waals surface area (Å²) < 4.78 is 13.0. The molecule has 0 radical (unpaired) electrons. The topological polar surface area (TPSA) is 46.3 Å². The van der Waals surface area contributed by atoms with Crippen molar-refractivity contribution in [1.29, 1.82) is 0 Å². The highest BCUT2D eigenvalue weighted by Crippen LogP contribution is 2.09. The molecule has 1 rings (SSSR count). The van der Waals surface area contributed by atoms with Crippen LogP contribution in [0.4, 0.5) is 4.39 Å². The summed E-state index contributed by atoms with van der Waals surface area (Å²) in [6.07, 6.45) is 0. The van der Waals surface area contributed by atoms with E-state index in [1.165, 1.54) is 17.0 Å². The molecule has 4 heteroatoms. The summed E-state index contributed by atoms with van der Waals surface area (Å²) in [4.78, 5) is 13.4. The molecule has 0 unspecified atom stereocenters. The third-order valence-electron chi connectivity index (χ3n) is 2.69. The maximum absolute atomic E-state index is 13.0. The van der Waals surface area contributed by atoms with E-state index in [0.717, 1.165) is 5.56 Å². The molecule has 0 spiro atoms. The molecule has 0 saturated heterocycles. The molecule has 17 heavy (non-hydrogen) atoms. The van der Waals surface area contributed by atoms with Crippen LogP contribution in [-0.4, -0.2) is 23.9 Å². The van der Waals surface area contributed by atoms with Gasteiger partial charge in [0.05, 0.1) is 6.04 Å². The molecular weight excluding hydrogens is 219 g/mol. The Kier molecular flexibility index (Phi) is 4.63. The predicted octanol–water partition coefficient (Wildman–Crippen LogP) is 1.77. The second kappa shape index (κ2) is 5.77. The van der Waals surface area contributed by atoms with Crippen molar-refractivity contribution >= 4 is 5.91 Å². The van der Waals surface area contributed by atoms with E-state index in [0.29, 0.717) is 6.54 Å². The Bertz CT molecular complexity index is 393. The average molecular weight is 238 g/mol. The largest absolute Gasteiger partial charge is 0.340 e. The van der Waals surface area contributed by atoms with Gasteiger partial charge in [0.1, 0.15) is 5.82 Å². The molecule has 1 atom stereocenters. The second-order valence-corrected chi connectivity index (χ2v) is 4.59. The summed E-state index contributed by atoms with van der Waals surface area (Å²) >= 11 is 0. The van der Waals surface area contributed by atoms with Gasteiger partial charge in [0.15, 0.2) is 0 Å². The Balaban J connectivity index is 2.66. The third-order valence-corrected chi connectivity index (χ3v) is 2.69. The molecule has 0 aromatic heterocycles. The van der Waals surface area contributed by atoms with Gasteiger partial charge in [-0.05, 0) is 23.6 Å². The van der Waals surface area contributed by atoms with Gasteiger partial charge in [0.2, 0.25) is 5.91 Å². The van der Waals surface area contributed by atoms with Gasteiger partial charge in [-0.25, -0.2) is 4.39 Å². The van der Waals surface area contributed by atoms with Gasteiger partial charge in [-0.1, -0.05) is 26.0 Å². The van der Waals surface area contributed by atoms with Crippen molar-refractivity contribution in [1.82, 2.24) is 4.90 Å². The SMILES string of the molecule is CC(C)[C@@H](N)C(=O)N(C)Cc1cccc(F)c1. The van der Waals surface area contributed by atoms with Crippen LogP contribution in [0.5, 0.6) is 0 Å². The van der Waals surface area contributed by atoms with Gasteiger partial charge >= 0.3 is 0 Å². The first-order valence-electron chi connectivity index (χ1n) is 5.67. The van der Waals surface area contributed by atoms with E-state index in [4.69, 9.17) is 5.73 Å². The number of rotatable bonds is 4. The molecule has 94 valence electrons. The van der Waals surface area contributed by atoms with E-state index in [9.17, 15) is 9.18 Å². The smallest absolute Gasteiger partial charge is 0.239 e. The minimum absolute atomic E-state index is 0.0949. The quantitative estimate of drug-likeness (QED) is 0.869. The molecule has 0 heterocycles. The molecule has 0 bridgehead atoms. The monoisotopic (exact) mass is 238 g/mol. The lowest BCUT2D eigenvalue weighted by atomic mass is 10.0. The number of amides is 1. The Morgan fingerprint density at radius 1 is 1.47 bits per heavy atom. The molecule has 0 fully saturated rings. The van der Waals surface area contributed by atoms with Crippen molar-refractivity contribution in [2.45, 2.75) is 26.4 Å². The van der Waals surface area contributed by atoms with E-state index in [1.54, 1.807) is 19.2 Å². The van der Waals surface area contributed by atoms with E-state index in [1.807, 2.05) is 13.8 Å². The Hall–Kier alpha value is -1.42. The van der Waals surface area contributed by atoms with Gasteiger partial charge in [0, 0.05) is 13.6 Å². The highest BCUT2D eigenvalue weighted by atomic mass is 19.1. The lowest BCUT2D eigenvalue weighted by Crippen LogP contribution is -2.44. The highest BCUT2D eigenvalue weighted by Gasteiger charge is 2.20. The van der Waals surface area contributed by atoms with Gasteiger partial charge in [-0.15, -0.1) is 0 Å². The highest BCUT2D eigenvalue weighted by molar-refractivity contribution is 5.81. The second-order valence-electron chi connectivity index (χ2n) is 4.59. The Morgan fingerprint density at radius 3 is 2.65 bits per heavy atom. The van der Waals surface area contributed by atoms with Crippen molar-refractivity contribution < 1.29 is 9.18 Å². The Morgan fingerprint density at radius 2 is 2.12 bits per heavy atom. The summed E-state index contributed by atoms with van der Waals surface area (Å²) in [6, 6.07) is 5.71. The standard InChI is InChI=1S/C13H19FN2O/c1-9(2)12(15)13(17)16(3)8-10-5-4-6-11(14)7-10/h4-7,9,12H,8,15H2,1-3H3/t12-/m1/s1. The zero-order valence-electron chi connectivity index (χ0n) is 10.5. The number of likely N-dealkylation sites (N-methyl/N-ethyl adjacent to an activating group) is 1. The van der Waals surface area contributed by atoms with E-state index in [2.05, 4.69) is 0 Å². The average Bonchev–Trinajstić information content (AvgIpc) is 2.26. The predicted molar refractivity (Wildman–Crippen MR) is 65.7 cm³/mol. The fraction of sp³-hybridized carbons (Fsp3) is 0.462. The summed E-state index contributed by atoms with van der Waals surface area (Å²) in [6.45, 7) is 4.17. The molecular formula is C13H19FN2O. The summed E-state index contributed by atoms with van der Waals surface area (Å²) in [5.74, 6) is -0.321. The molecule has 0 aliphatic heterocycles. The van der Waals surface area contributed by atoms with Crippen LogP contribution in [-0.2, 0) is 11.3 Å². The lowest BCUT2D eigenvalue weighted by molar-refractivity contribution is -0.132. The summed E-state index contributed by atoms with van der Waals surface area (Å²) in [5.41, 5.74) is 6.54. The zero-order valence-corrected chi connectivity index (χ0v) is 10.5. The van der Waals surface area contributed by atoms with Crippen molar-refractivity contribution in [3.63, 3.8) is 0 Å². The van der Waals surface area contributed by atoms with Crippen LogP contribution in [0.1, 0.15) is 19.4 Å². The van der Waals surface area contributed by atoms with Crippen molar-refractivity contribution in [2.24, 2.45) is 11.7 Å². The fourth-order valence-electron chi connectivity index (χ4n) is 1.53. The van der Waals surface area contributed by atoms with E-state index in [-0.39, 0.29) is 17.6 Å². The molecule has 2 N–H and O–H groups in total. The summed E-state index contributed by atoms with van der Waals surface area (Å²) in [7, 11) is 1.68. The van der Waals surface area contributed by atoms with E-state index >= 15 is 0 Å². The minimum Gasteiger partial charge on any atom is -0.340 e. The third kappa shape index (κ3) is 3.82. The van der Waals surface area contributed by atoms with Crippen molar-refractivity contribution in [3.05, 3.63) is 35.6 Å². The molecule has 0 saturated carbocycles. The number of hydrogen-bond acceptors (Lipinski definition) is 2.